The average Bonchev–Trinajstić information content (AvgIpc) is 2.44. The third-order valence-corrected chi connectivity index (χ3v) is 3.38. The van der Waals surface area contributed by atoms with Crippen LogP contribution in [0.4, 0.5) is 0 Å². The Morgan fingerprint density at radius 1 is 0.840 bits per heavy atom. The Balaban J connectivity index is 2.88. The van der Waals surface area contributed by atoms with E-state index in [1.807, 2.05) is 65.8 Å². The molecule has 0 aliphatic rings. The van der Waals surface area contributed by atoms with Crippen molar-refractivity contribution < 1.29 is 14.3 Å². The van der Waals surface area contributed by atoms with Crippen molar-refractivity contribution in [2.24, 2.45) is 11.8 Å². The van der Waals surface area contributed by atoms with E-state index in [1.54, 1.807) is 0 Å². The van der Waals surface area contributed by atoms with E-state index < -0.39 is 6.17 Å². The molecule has 140 valence electrons. The van der Waals surface area contributed by atoms with E-state index in [0.29, 0.717) is 12.8 Å². The molecule has 0 atom stereocenters. The summed E-state index contributed by atoms with van der Waals surface area (Å²) in [5.41, 5.74) is 0.824. The highest BCUT2D eigenvalue weighted by Crippen LogP contribution is 2.18. The van der Waals surface area contributed by atoms with Crippen molar-refractivity contribution in [2.75, 3.05) is 0 Å². The minimum absolute atomic E-state index is 0.0765. The van der Waals surface area contributed by atoms with Crippen LogP contribution in [0.15, 0.2) is 24.3 Å². The van der Waals surface area contributed by atoms with Crippen molar-refractivity contribution >= 4 is 11.8 Å². The number of hydrogen-bond donors (Lipinski definition) is 2. The SMILES string of the molecule is CC(C)CC(=O)NC(NC(=O)CC(C)C)c1ccc(OC(C)C)cc1. The quantitative estimate of drug-likeness (QED) is 0.667. The summed E-state index contributed by atoms with van der Waals surface area (Å²) in [6, 6.07) is 7.44. The number of benzene rings is 1. The zero-order chi connectivity index (χ0) is 19.0. The van der Waals surface area contributed by atoms with Crippen molar-refractivity contribution in [2.45, 2.75) is 66.7 Å². The molecule has 0 spiro atoms. The number of ether oxygens (including phenoxy) is 1. The summed E-state index contributed by atoms with van der Waals surface area (Å²) >= 11 is 0. The molecule has 0 saturated heterocycles. The van der Waals surface area contributed by atoms with E-state index in [2.05, 4.69) is 10.6 Å². The Labute approximate surface area is 151 Å². The van der Waals surface area contributed by atoms with Gasteiger partial charge >= 0.3 is 0 Å². The summed E-state index contributed by atoms with van der Waals surface area (Å²) in [7, 11) is 0. The van der Waals surface area contributed by atoms with E-state index >= 15 is 0 Å². The molecule has 0 aromatic heterocycles. The van der Waals surface area contributed by atoms with Crippen LogP contribution >= 0.6 is 0 Å². The van der Waals surface area contributed by atoms with Gasteiger partial charge in [0.15, 0.2) is 0 Å². The Morgan fingerprint density at radius 3 is 1.64 bits per heavy atom. The van der Waals surface area contributed by atoms with Crippen LogP contribution in [0.1, 0.15) is 66.1 Å². The highest BCUT2D eigenvalue weighted by molar-refractivity contribution is 5.79. The van der Waals surface area contributed by atoms with Crippen LogP contribution < -0.4 is 15.4 Å². The molecule has 0 aliphatic heterocycles. The lowest BCUT2D eigenvalue weighted by Gasteiger charge is -2.22. The molecular formula is C20H32N2O3. The number of carbonyl (C=O) groups is 2. The second kappa shape index (κ2) is 10.1. The third-order valence-electron chi connectivity index (χ3n) is 3.38. The van der Waals surface area contributed by atoms with Gasteiger partial charge in [0, 0.05) is 12.8 Å². The molecule has 25 heavy (non-hydrogen) atoms. The van der Waals surface area contributed by atoms with E-state index in [0.717, 1.165) is 11.3 Å². The standard InChI is InChI=1S/C20H32N2O3/c1-13(2)11-18(23)21-20(22-19(24)12-14(3)4)16-7-9-17(10-8-16)25-15(5)6/h7-10,13-15,20H,11-12H2,1-6H3,(H,21,23)(H,22,24). The molecule has 2 amide bonds. The van der Waals surface area contributed by atoms with Gasteiger partial charge in [-0.25, -0.2) is 0 Å². The number of nitrogens with one attached hydrogen (secondary N) is 2. The fourth-order valence-corrected chi connectivity index (χ4v) is 2.40. The minimum Gasteiger partial charge on any atom is -0.491 e. The molecule has 0 bridgehead atoms. The number of hydrogen-bond acceptors (Lipinski definition) is 3. The van der Waals surface area contributed by atoms with Gasteiger partial charge in [-0.2, -0.15) is 0 Å². The zero-order valence-corrected chi connectivity index (χ0v) is 16.3. The maximum atomic E-state index is 12.2. The van der Waals surface area contributed by atoms with Gasteiger partial charge < -0.3 is 15.4 Å². The lowest BCUT2D eigenvalue weighted by Crippen LogP contribution is -2.41. The molecule has 1 rings (SSSR count). The van der Waals surface area contributed by atoms with Crippen LogP contribution in [-0.2, 0) is 9.59 Å². The first-order chi connectivity index (χ1) is 11.7. The first-order valence-electron chi connectivity index (χ1n) is 9.02. The minimum atomic E-state index is -0.536. The molecule has 1 aromatic carbocycles. The Kier molecular flexibility index (Phi) is 8.46. The van der Waals surface area contributed by atoms with Gasteiger partial charge in [0.25, 0.3) is 0 Å². The monoisotopic (exact) mass is 348 g/mol. The van der Waals surface area contributed by atoms with E-state index in [4.69, 9.17) is 4.74 Å². The van der Waals surface area contributed by atoms with Crippen LogP contribution in [0.2, 0.25) is 0 Å². The summed E-state index contributed by atoms with van der Waals surface area (Å²) in [4.78, 5) is 24.3. The van der Waals surface area contributed by atoms with Gasteiger partial charge in [0.1, 0.15) is 11.9 Å². The fourth-order valence-electron chi connectivity index (χ4n) is 2.40. The molecule has 2 N–H and O–H groups in total. The number of carbonyl (C=O) groups excluding carboxylic acids is 2. The largest absolute Gasteiger partial charge is 0.491 e. The topological polar surface area (TPSA) is 67.4 Å². The predicted molar refractivity (Wildman–Crippen MR) is 100 cm³/mol. The van der Waals surface area contributed by atoms with Crippen LogP contribution in [0.25, 0.3) is 0 Å². The highest BCUT2D eigenvalue weighted by atomic mass is 16.5. The number of rotatable bonds is 9. The van der Waals surface area contributed by atoms with Crippen LogP contribution in [0.3, 0.4) is 0 Å². The maximum Gasteiger partial charge on any atom is 0.222 e. The van der Waals surface area contributed by atoms with E-state index in [-0.39, 0.29) is 29.8 Å². The molecular weight excluding hydrogens is 316 g/mol. The van der Waals surface area contributed by atoms with Crippen LogP contribution in [0.5, 0.6) is 5.75 Å². The summed E-state index contributed by atoms with van der Waals surface area (Å²) in [5.74, 6) is 1.13. The lowest BCUT2D eigenvalue weighted by atomic mass is 10.1. The van der Waals surface area contributed by atoms with Crippen LogP contribution in [0, 0.1) is 11.8 Å². The summed E-state index contributed by atoms with van der Waals surface area (Å²) in [5, 5.41) is 5.83. The third kappa shape index (κ3) is 8.57. The first-order valence-corrected chi connectivity index (χ1v) is 9.02. The van der Waals surface area contributed by atoms with Crippen molar-refractivity contribution in [3.63, 3.8) is 0 Å². The van der Waals surface area contributed by atoms with Gasteiger partial charge in [-0.15, -0.1) is 0 Å². The Bertz CT molecular complexity index is 527. The Morgan fingerprint density at radius 2 is 1.28 bits per heavy atom. The van der Waals surface area contributed by atoms with Gasteiger partial charge in [-0.1, -0.05) is 39.8 Å². The summed E-state index contributed by atoms with van der Waals surface area (Å²) in [6.45, 7) is 11.9. The van der Waals surface area contributed by atoms with Gasteiger partial charge in [0.05, 0.1) is 6.10 Å². The second-order valence-electron chi connectivity index (χ2n) is 7.50. The normalized spacial score (nSPS) is 11.3. The zero-order valence-electron chi connectivity index (χ0n) is 16.3. The average molecular weight is 348 g/mol. The van der Waals surface area contributed by atoms with Crippen LogP contribution in [-0.4, -0.2) is 17.9 Å². The van der Waals surface area contributed by atoms with Crippen molar-refractivity contribution in [3.05, 3.63) is 29.8 Å². The summed E-state index contributed by atoms with van der Waals surface area (Å²) < 4.78 is 5.64. The smallest absolute Gasteiger partial charge is 0.222 e. The van der Waals surface area contributed by atoms with Gasteiger partial charge in [-0.3, -0.25) is 9.59 Å². The maximum absolute atomic E-state index is 12.2. The molecule has 0 radical (unpaired) electrons. The molecule has 0 unspecified atom stereocenters. The number of amides is 2. The summed E-state index contributed by atoms with van der Waals surface area (Å²) in [6.07, 6.45) is 0.402. The van der Waals surface area contributed by atoms with Gasteiger partial charge in [0.2, 0.25) is 11.8 Å². The highest BCUT2D eigenvalue weighted by Gasteiger charge is 2.18. The van der Waals surface area contributed by atoms with E-state index in [1.165, 1.54) is 0 Å². The first kappa shape index (κ1) is 21.0. The molecule has 0 aliphatic carbocycles. The lowest BCUT2D eigenvalue weighted by molar-refractivity contribution is -0.125. The van der Waals surface area contributed by atoms with E-state index in [9.17, 15) is 9.59 Å². The van der Waals surface area contributed by atoms with Gasteiger partial charge in [-0.05, 0) is 43.4 Å². The second-order valence-corrected chi connectivity index (χ2v) is 7.50. The molecule has 0 saturated carbocycles. The van der Waals surface area contributed by atoms with Crippen molar-refractivity contribution in [3.8, 4) is 5.75 Å². The van der Waals surface area contributed by atoms with Crippen molar-refractivity contribution in [1.82, 2.24) is 10.6 Å². The Hall–Kier alpha value is -2.04. The molecule has 5 heteroatoms. The fraction of sp³-hybridized carbons (Fsp3) is 0.600. The molecule has 1 aromatic rings. The molecule has 5 nitrogen and oxygen atoms in total. The molecule has 0 heterocycles. The molecule has 0 fully saturated rings. The predicted octanol–water partition coefficient (Wildman–Crippen LogP) is 3.80. The van der Waals surface area contributed by atoms with Crippen molar-refractivity contribution in [1.29, 1.82) is 0 Å².